The quantitative estimate of drug-likeness (QED) is 0.265. The van der Waals surface area contributed by atoms with Gasteiger partial charge in [-0.1, -0.05) is 48.0 Å². The van der Waals surface area contributed by atoms with E-state index in [1.165, 1.54) is 4.31 Å². The maximum atomic E-state index is 13.1. The molecule has 0 heterocycles. The van der Waals surface area contributed by atoms with E-state index in [2.05, 4.69) is 5.32 Å². The molecule has 0 aromatic heterocycles. The summed E-state index contributed by atoms with van der Waals surface area (Å²) < 4.78 is 38.9. The number of hydrogen-bond donors (Lipinski definition) is 1. The minimum absolute atomic E-state index is 0.190. The summed E-state index contributed by atoms with van der Waals surface area (Å²) in [4.78, 5) is 12.6. The molecule has 4 rings (SSSR count). The lowest BCUT2D eigenvalue weighted by molar-refractivity contribution is -0.118. The molecular formula is C30H30N2O5S. The van der Waals surface area contributed by atoms with E-state index in [0.29, 0.717) is 29.5 Å². The molecule has 0 fully saturated rings. The van der Waals surface area contributed by atoms with Crippen LogP contribution in [0.1, 0.15) is 18.1 Å². The van der Waals surface area contributed by atoms with Crippen LogP contribution in [-0.4, -0.2) is 27.5 Å². The van der Waals surface area contributed by atoms with Crippen molar-refractivity contribution in [1.82, 2.24) is 0 Å². The molecule has 0 aliphatic heterocycles. The van der Waals surface area contributed by atoms with Crippen molar-refractivity contribution in [1.29, 1.82) is 0 Å². The summed E-state index contributed by atoms with van der Waals surface area (Å²) in [7, 11) is -3.70. The van der Waals surface area contributed by atoms with E-state index < -0.39 is 10.0 Å². The molecule has 0 saturated carbocycles. The molecule has 1 amide bonds. The van der Waals surface area contributed by atoms with E-state index >= 15 is 0 Å². The second-order valence-electron chi connectivity index (χ2n) is 8.61. The fourth-order valence-electron chi connectivity index (χ4n) is 3.76. The topological polar surface area (TPSA) is 84.9 Å². The molecule has 1 N–H and O–H groups in total. The van der Waals surface area contributed by atoms with Crippen LogP contribution in [0.5, 0.6) is 11.5 Å². The Labute approximate surface area is 223 Å². The lowest BCUT2D eigenvalue weighted by Crippen LogP contribution is -2.30. The van der Waals surface area contributed by atoms with Gasteiger partial charge in [-0.05, 0) is 80.1 Å². The first-order valence-corrected chi connectivity index (χ1v) is 13.7. The van der Waals surface area contributed by atoms with Gasteiger partial charge in [-0.2, -0.15) is 0 Å². The van der Waals surface area contributed by atoms with Crippen LogP contribution < -0.4 is 19.1 Å². The van der Waals surface area contributed by atoms with E-state index in [4.69, 9.17) is 9.47 Å². The Kier molecular flexibility index (Phi) is 8.66. The van der Waals surface area contributed by atoms with Gasteiger partial charge < -0.3 is 14.8 Å². The molecule has 4 aromatic rings. The van der Waals surface area contributed by atoms with Crippen molar-refractivity contribution in [3.05, 3.63) is 114 Å². The molecule has 0 atom stereocenters. The largest absolute Gasteiger partial charge is 0.489 e. The highest BCUT2D eigenvalue weighted by Gasteiger charge is 2.23. The molecule has 0 radical (unpaired) electrons. The average Bonchev–Trinajstić information content (AvgIpc) is 2.93. The summed E-state index contributed by atoms with van der Waals surface area (Å²) >= 11 is 0. The number of ether oxygens (including phenoxy) is 2. The Bertz CT molecular complexity index is 1440. The van der Waals surface area contributed by atoms with Crippen molar-refractivity contribution >= 4 is 27.3 Å². The van der Waals surface area contributed by atoms with Crippen LogP contribution in [0, 0.1) is 6.92 Å². The lowest BCUT2D eigenvalue weighted by Gasteiger charge is -2.23. The fourth-order valence-corrected chi connectivity index (χ4v) is 5.23. The number of aryl methyl sites for hydroxylation is 1. The van der Waals surface area contributed by atoms with Gasteiger partial charge in [0.15, 0.2) is 6.61 Å². The average molecular weight is 531 g/mol. The molecule has 0 bridgehead atoms. The summed E-state index contributed by atoms with van der Waals surface area (Å²) in [6, 6.07) is 30.4. The Morgan fingerprint density at radius 3 is 2.03 bits per heavy atom. The van der Waals surface area contributed by atoms with Crippen molar-refractivity contribution in [3.63, 3.8) is 0 Å². The number of amides is 1. The second kappa shape index (κ2) is 12.3. The van der Waals surface area contributed by atoms with Gasteiger partial charge in [0.2, 0.25) is 0 Å². The number of benzene rings is 4. The van der Waals surface area contributed by atoms with Gasteiger partial charge in [-0.25, -0.2) is 8.42 Å². The standard InChI is InChI=1S/C30H30N2O5S/c1-3-32(38(34,35)29-19-9-23(2)10-20-29)26-13-17-28(18-14-26)37-22-30(33)31-25-11-15-27(16-12-25)36-21-24-7-5-4-6-8-24/h4-20H,3,21-22H2,1-2H3,(H,31,33). The van der Waals surface area contributed by atoms with Crippen molar-refractivity contribution in [2.24, 2.45) is 0 Å². The number of hydrogen-bond acceptors (Lipinski definition) is 5. The molecule has 0 saturated heterocycles. The molecule has 7 nitrogen and oxygen atoms in total. The SMILES string of the molecule is CCN(c1ccc(OCC(=O)Nc2ccc(OCc3ccccc3)cc2)cc1)S(=O)(=O)c1ccc(C)cc1. The molecule has 8 heteroatoms. The van der Waals surface area contributed by atoms with Crippen LogP contribution in [0.2, 0.25) is 0 Å². The summed E-state index contributed by atoms with van der Waals surface area (Å²) in [6.07, 6.45) is 0. The maximum Gasteiger partial charge on any atom is 0.264 e. The van der Waals surface area contributed by atoms with Crippen molar-refractivity contribution in [2.45, 2.75) is 25.3 Å². The summed E-state index contributed by atoms with van der Waals surface area (Å²) in [5.74, 6) is 0.843. The Morgan fingerprint density at radius 1 is 0.789 bits per heavy atom. The second-order valence-corrected chi connectivity index (χ2v) is 10.5. The zero-order chi connectivity index (χ0) is 27.0. The van der Waals surface area contributed by atoms with E-state index in [0.717, 1.165) is 11.1 Å². The third-order valence-corrected chi connectivity index (χ3v) is 7.69. The van der Waals surface area contributed by atoms with E-state index in [-0.39, 0.29) is 24.0 Å². The van der Waals surface area contributed by atoms with Gasteiger partial charge >= 0.3 is 0 Å². The van der Waals surface area contributed by atoms with Gasteiger partial charge in [0.05, 0.1) is 10.6 Å². The van der Waals surface area contributed by atoms with Crippen LogP contribution in [0.15, 0.2) is 108 Å². The van der Waals surface area contributed by atoms with Crippen LogP contribution >= 0.6 is 0 Å². The third-order valence-electron chi connectivity index (χ3n) is 5.78. The number of sulfonamides is 1. The summed E-state index contributed by atoms with van der Waals surface area (Å²) in [6.45, 7) is 4.24. The first-order chi connectivity index (χ1) is 18.3. The predicted molar refractivity (Wildman–Crippen MR) is 149 cm³/mol. The number of nitrogens with zero attached hydrogens (tertiary/aromatic N) is 1. The predicted octanol–water partition coefficient (Wildman–Crippen LogP) is 5.81. The number of carbonyl (C=O) groups excluding carboxylic acids is 1. The van der Waals surface area contributed by atoms with Crippen molar-refractivity contribution in [3.8, 4) is 11.5 Å². The third kappa shape index (κ3) is 6.92. The van der Waals surface area contributed by atoms with E-state index in [1.807, 2.05) is 37.3 Å². The molecule has 0 aliphatic rings. The molecule has 0 spiro atoms. The van der Waals surface area contributed by atoms with Gasteiger partial charge in [0, 0.05) is 12.2 Å². The molecule has 38 heavy (non-hydrogen) atoms. The van der Waals surface area contributed by atoms with Crippen LogP contribution in [0.3, 0.4) is 0 Å². The van der Waals surface area contributed by atoms with E-state index in [9.17, 15) is 13.2 Å². The van der Waals surface area contributed by atoms with E-state index in [1.54, 1.807) is 79.7 Å². The van der Waals surface area contributed by atoms with Crippen molar-refractivity contribution in [2.75, 3.05) is 22.8 Å². The fraction of sp³-hybridized carbons (Fsp3) is 0.167. The first kappa shape index (κ1) is 26.8. The Balaban J connectivity index is 1.29. The van der Waals surface area contributed by atoms with Crippen LogP contribution in [0.25, 0.3) is 0 Å². The molecule has 0 unspecified atom stereocenters. The zero-order valence-corrected chi connectivity index (χ0v) is 22.1. The first-order valence-electron chi connectivity index (χ1n) is 12.2. The van der Waals surface area contributed by atoms with Crippen LogP contribution in [0.4, 0.5) is 11.4 Å². The molecule has 0 aliphatic carbocycles. The highest BCUT2D eigenvalue weighted by Crippen LogP contribution is 2.26. The summed E-state index contributed by atoms with van der Waals surface area (Å²) in [5.41, 5.74) is 3.20. The number of carbonyl (C=O) groups is 1. The smallest absolute Gasteiger partial charge is 0.264 e. The zero-order valence-electron chi connectivity index (χ0n) is 21.3. The minimum Gasteiger partial charge on any atom is -0.489 e. The Hall–Kier alpha value is -4.30. The Morgan fingerprint density at radius 2 is 1.39 bits per heavy atom. The normalized spacial score (nSPS) is 11.0. The van der Waals surface area contributed by atoms with Gasteiger partial charge in [-0.3, -0.25) is 9.10 Å². The summed E-state index contributed by atoms with van der Waals surface area (Å²) in [5, 5.41) is 2.79. The highest BCUT2D eigenvalue weighted by molar-refractivity contribution is 7.92. The van der Waals surface area contributed by atoms with Gasteiger partial charge in [0.25, 0.3) is 15.9 Å². The van der Waals surface area contributed by atoms with Crippen LogP contribution in [-0.2, 0) is 21.4 Å². The minimum atomic E-state index is -3.70. The molecule has 196 valence electrons. The number of nitrogens with one attached hydrogen (secondary N) is 1. The highest BCUT2D eigenvalue weighted by atomic mass is 32.2. The maximum absolute atomic E-state index is 13.1. The number of anilines is 2. The van der Waals surface area contributed by atoms with Gasteiger partial charge in [0.1, 0.15) is 18.1 Å². The number of rotatable bonds is 11. The van der Waals surface area contributed by atoms with Crippen molar-refractivity contribution < 1.29 is 22.7 Å². The van der Waals surface area contributed by atoms with Gasteiger partial charge in [-0.15, -0.1) is 0 Å². The monoisotopic (exact) mass is 530 g/mol. The molecular weight excluding hydrogens is 500 g/mol. The molecule has 4 aromatic carbocycles. The lowest BCUT2D eigenvalue weighted by atomic mass is 10.2.